The summed E-state index contributed by atoms with van der Waals surface area (Å²) in [5, 5.41) is 9.26. The molecule has 1 aliphatic heterocycles. The molecule has 0 aliphatic carbocycles. The number of anilines is 1. The number of fused-ring (bicyclic) bond motifs is 1. The van der Waals surface area contributed by atoms with Crippen molar-refractivity contribution in [2.24, 2.45) is 5.73 Å². The standard InChI is InChI=1S/C19H16F2N6O3/c20-19(21)30-15-6-10-2-5-29-14(10)7-11(15)16-13(9-25-27-16)26-18(28)12(8-22)17-23-3-1-4-24-17/h1,3-4,6-9,19H,2,5,22H2,(H,25,27)(H,26,28). The van der Waals surface area contributed by atoms with Crippen molar-refractivity contribution in [3.05, 3.63) is 54.4 Å². The quantitative estimate of drug-likeness (QED) is 0.528. The topological polar surface area (TPSA) is 128 Å². The maximum atomic E-state index is 13.0. The number of amides is 1. The van der Waals surface area contributed by atoms with E-state index in [9.17, 15) is 13.6 Å². The Balaban J connectivity index is 1.68. The van der Waals surface area contributed by atoms with Crippen molar-refractivity contribution in [2.75, 3.05) is 11.9 Å². The van der Waals surface area contributed by atoms with Crippen LogP contribution in [0.2, 0.25) is 0 Å². The van der Waals surface area contributed by atoms with Gasteiger partial charge in [-0.15, -0.1) is 0 Å². The summed E-state index contributed by atoms with van der Waals surface area (Å²) in [6.45, 7) is -2.58. The molecule has 4 N–H and O–H groups in total. The van der Waals surface area contributed by atoms with Gasteiger partial charge in [0.2, 0.25) is 0 Å². The number of nitrogens with two attached hydrogens (primary N) is 1. The molecule has 0 fully saturated rings. The number of aromatic nitrogens is 4. The fraction of sp³-hybridized carbons (Fsp3) is 0.158. The number of halogens is 2. The van der Waals surface area contributed by atoms with Crippen LogP contribution in [0.3, 0.4) is 0 Å². The molecule has 11 heteroatoms. The van der Waals surface area contributed by atoms with E-state index >= 15 is 0 Å². The minimum Gasteiger partial charge on any atom is -0.493 e. The zero-order valence-electron chi connectivity index (χ0n) is 15.4. The van der Waals surface area contributed by atoms with Crippen LogP contribution in [0.15, 0.2) is 43.0 Å². The van der Waals surface area contributed by atoms with Crippen molar-refractivity contribution >= 4 is 17.2 Å². The van der Waals surface area contributed by atoms with Gasteiger partial charge < -0.3 is 20.5 Å². The normalized spacial score (nSPS) is 13.1. The molecule has 1 aliphatic rings. The SMILES string of the molecule is NC=C(C(=O)Nc1cn[nH]c1-c1cc2c(cc1OC(F)F)CCO2)c1ncccn1. The monoisotopic (exact) mass is 414 g/mol. The number of hydrogen-bond donors (Lipinski definition) is 3. The third-order valence-corrected chi connectivity index (χ3v) is 4.38. The Bertz CT molecular complexity index is 1100. The van der Waals surface area contributed by atoms with Crippen LogP contribution in [-0.4, -0.2) is 39.3 Å². The smallest absolute Gasteiger partial charge is 0.387 e. The van der Waals surface area contributed by atoms with Crippen LogP contribution in [0.4, 0.5) is 14.5 Å². The number of H-pyrrole nitrogens is 1. The summed E-state index contributed by atoms with van der Waals surface area (Å²) in [4.78, 5) is 20.7. The van der Waals surface area contributed by atoms with Crippen molar-refractivity contribution in [1.82, 2.24) is 20.2 Å². The molecule has 9 nitrogen and oxygen atoms in total. The molecule has 0 atom stereocenters. The maximum absolute atomic E-state index is 13.0. The molecule has 0 unspecified atom stereocenters. The van der Waals surface area contributed by atoms with Gasteiger partial charge in [0.15, 0.2) is 5.82 Å². The minimum absolute atomic E-state index is 0.0316. The summed E-state index contributed by atoms with van der Waals surface area (Å²) in [7, 11) is 0. The molecule has 0 saturated carbocycles. The lowest BCUT2D eigenvalue weighted by molar-refractivity contribution is -0.111. The van der Waals surface area contributed by atoms with Crippen molar-refractivity contribution in [3.63, 3.8) is 0 Å². The first-order chi connectivity index (χ1) is 14.6. The highest BCUT2D eigenvalue weighted by Crippen LogP contribution is 2.41. The Morgan fingerprint density at radius 1 is 1.33 bits per heavy atom. The van der Waals surface area contributed by atoms with Gasteiger partial charge in [0.25, 0.3) is 5.91 Å². The maximum Gasteiger partial charge on any atom is 0.387 e. The molecule has 4 rings (SSSR count). The van der Waals surface area contributed by atoms with Crippen LogP contribution in [0, 0.1) is 0 Å². The first-order valence-corrected chi connectivity index (χ1v) is 8.85. The molecule has 0 radical (unpaired) electrons. The van der Waals surface area contributed by atoms with Crippen LogP contribution in [0.25, 0.3) is 16.8 Å². The molecule has 30 heavy (non-hydrogen) atoms. The van der Waals surface area contributed by atoms with Crippen LogP contribution in [-0.2, 0) is 11.2 Å². The summed E-state index contributed by atoms with van der Waals surface area (Å²) >= 11 is 0. The zero-order chi connectivity index (χ0) is 21.1. The number of hydrogen-bond acceptors (Lipinski definition) is 7. The average molecular weight is 414 g/mol. The summed E-state index contributed by atoms with van der Waals surface area (Å²) in [5.41, 5.74) is 7.13. The number of carbonyl (C=O) groups excluding carboxylic acids is 1. The van der Waals surface area contributed by atoms with Crippen LogP contribution in [0.1, 0.15) is 11.4 Å². The zero-order valence-corrected chi connectivity index (χ0v) is 15.4. The van der Waals surface area contributed by atoms with E-state index in [0.717, 1.165) is 11.8 Å². The van der Waals surface area contributed by atoms with Gasteiger partial charge in [0, 0.05) is 36.1 Å². The van der Waals surface area contributed by atoms with Crippen molar-refractivity contribution in [3.8, 4) is 22.8 Å². The number of aromatic amines is 1. The largest absolute Gasteiger partial charge is 0.493 e. The number of carbonyl (C=O) groups is 1. The predicted octanol–water partition coefficient (Wildman–Crippen LogP) is 2.34. The Labute approximate surface area is 168 Å². The number of ether oxygens (including phenoxy) is 2. The minimum atomic E-state index is -3.02. The Morgan fingerprint density at radius 3 is 2.87 bits per heavy atom. The molecule has 154 valence electrons. The molecule has 0 spiro atoms. The van der Waals surface area contributed by atoms with E-state index in [-0.39, 0.29) is 34.1 Å². The number of nitrogens with zero attached hydrogens (tertiary/aromatic N) is 3. The van der Waals surface area contributed by atoms with Gasteiger partial charge in [0.05, 0.1) is 29.8 Å². The number of nitrogens with one attached hydrogen (secondary N) is 2. The number of rotatable bonds is 6. The Kier molecular flexibility index (Phi) is 5.24. The lowest BCUT2D eigenvalue weighted by Gasteiger charge is -2.13. The van der Waals surface area contributed by atoms with E-state index in [2.05, 4.69) is 25.5 Å². The van der Waals surface area contributed by atoms with Gasteiger partial charge in [-0.1, -0.05) is 0 Å². The fourth-order valence-corrected chi connectivity index (χ4v) is 3.06. The third kappa shape index (κ3) is 3.77. The van der Waals surface area contributed by atoms with Crippen LogP contribution < -0.4 is 20.5 Å². The van der Waals surface area contributed by atoms with E-state index in [0.29, 0.717) is 18.8 Å². The van der Waals surface area contributed by atoms with Gasteiger partial charge in [-0.25, -0.2) is 9.97 Å². The van der Waals surface area contributed by atoms with Gasteiger partial charge in [-0.3, -0.25) is 9.89 Å². The van der Waals surface area contributed by atoms with Crippen molar-refractivity contribution in [2.45, 2.75) is 13.0 Å². The molecule has 3 aromatic rings. The summed E-state index contributed by atoms with van der Waals surface area (Å²) in [6, 6.07) is 4.67. The Morgan fingerprint density at radius 2 is 2.13 bits per heavy atom. The van der Waals surface area contributed by atoms with E-state index < -0.39 is 12.5 Å². The molecular weight excluding hydrogens is 398 g/mol. The highest BCUT2D eigenvalue weighted by molar-refractivity contribution is 6.24. The molecule has 0 saturated heterocycles. The first kappa shape index (κ1) is 19.3. The number of alkyl halides is 2. The predicted molar refractivity (Wildman–Crippen MR) is 103 cm³/mol. The molecule has 3 heterocycles. The molecule has 2 aromatic heterocycles. The summed E-state index contributed by atoms with van der Waals surface area (Å²) in [6.07, 6.45) is 5.96. The van der Waals surface area contributed by atoms with E-state index in [1.165, 1.54) is 24.7 Å². The first-order valence-electron chi connectivity index (χ1n) is 8.85. The summed E-state index contributed by atoms with van der Waals surface area (Å²) < 4.78 is 36.1. The van der Waals surface area contributed by atoms with Gasteiger partial charge >= 0.3 is 6.61 Å². The highest BCUT2D eigenvalue weighted by atomic mass is 19.3. The third-order valence-electron chi connectivity index (χ3n) is 4.38. The molecular formula is C19H16F2N6O3. The molecule has 1 aromatic carbocycles. The second-order valence-corrected chi connectivity index (χ2v) is 6.20. The van der Waals surface area contributed by atoms with Crippen LogP contribution >= 0.6 is 0 Å². The van der Waals surface area contributed by atoms with E-state index in [4.69, 9.17) is 15.2 Å². The van der Waals surface area contributed by atoms with Crippen molar-refractivity contribution in [1.29, 1.82) is 0 Å². The molecule has 1 amide bonds. The average Bonchev–Trinajstić information content (AvgIpc) is 3.37. The lowest BCUT2D eigenvalue weighted by Crippen LogP contribution is -2.16. The van der Waals surface area contributed by atoms with E-state index in [1.54, 1.807) is 12.1 Å². The highest BCUT2D eigenvalue weighted by Gasteiger charge is 2.24. The number of benzene rings is 1. The van der Waals surface area contributed by atoms with Gasteiger partial charge in [-0.05, 0) is 18.2 Å². The lowest BCUT2D eigenvalue weighted by atomic mass is 10.0. The fourth-order valence-electron chi connectivity index (χ4n) is 3.06. The van der Waals surface area contributed by atoms with Gasteiger partial charge in [0.1, 0.15) is 11.5 Å². The van der Waals surface area contributed by atoms with Crippen LogP contribution in [0.5, 0.6) is 11.5 Å². The molecule has 0 bridgehead atoms. The second-order valence-electron chi connectivity index (χ2n) is 6.20. The van der Waals surface area contributed by atoms with E-state index in [1.807, 2.05) is 0 Å². The van der Waals surface area contributed by atoms with Crippen molar-refractivity contribution < 1.29 is 23.0 Å². The summed E-state index contributed by atoms with van der Waals surface area (Å²) in [5.74, 6) is 0.0315. The van der Waals surface area contributed by atoms with Gasteiger partial charge in [-0.2, -0.15) is 13.9 Å². The Hall–Kier alpha value is -4.02. The second kappa shape index (κ2) is 8.15.